The zero-order valence-corrected chi connectivity index (χ0v) is 23.8. The van der Waals surface area contributed by atoms with E-state index in [0.717, 1.165) is 22.9 Å². The van der Waals surface area contributed by atoms with Crippen molar-refractivity contribution in [2.75, 3.05) is 11.1 Å². The van der Waals surface area contributed by atoms with Gasteiger partial charge in [0, 0.05) is 5.41 Å². The molecule has 1 atom stereocenters. The van der Waals surface area contributed by atoms with Gasteiger partial charge in [-0.3, -0.25) is 19.0 Å². The second-order valence-corrected chi connectivity index (χ2v) is 11.4. The van der Waals surface area contributed by atoms with Crippen molar-refractivity contribution >= 4 is 57.9 Å². The molecule has 1 N–H and O–H groups in total. The number of hydrogen-bond acceptors (Lipinski definition) is 8. The summed E-state index contributed by atoms with van der Waals surface area (Å²) >= 11 is 7.46. The van der Waals surface area contributed by atoms with Crippen LogP contribution in [0.1, 0.15) is 37.9 Å². The van der Waals surface area contributed by atoms with Crippen molar-refractivity contribution in [1.82, 2.24) is 19.5 Å². The number of esters is 1. The van der Waals surface area contributed by atoms with Gasteiger partial charge in [-0.05, 0) is 43.7 Å². The number of rotatable bonds is 8. The lowest BCUT2D eigenvalue weighted by Gasteiger charge is -2.25. The van der Waals surface area contributed by atoms with Gasteiger partial charge < -0.3 is 10.1 Å². The number of halogens is 1. The smallest absolute Gasteiger partial charge is 0.321 e. The molecule has 39 heavy (non-hydrogen) atoms. The number of hydrogen-bond donors (Lipinski definition) is 1. The number of thioether (sulfide) groups is 1. The molecule has 2 heterocycles. The van der Waals surface area contributed by atoms with E-state index >= 15 is 0 Å². The number of aromatic nitrogens is 4. The molecule has 0 bridgehead atoms. The molecule has 0 aliphatic rings. The molecule has 0 radical (unpaired) electrons. The molecule has 202 valence electrons. The highest BCUT2D eigenvalue weighted by Crippen LogP contribution is 2.31. The van der Waals surface area contributed by atoms with Crippen LogP contribution in [0.5, 0.6) is 5.75 Å². The van der Waals surface area contributed by atoms with E-state index in [0.29, 0.717) is 27.0 Å². The zero-order chi connectivity index (χ0) is 28.3. The van der Waals surface area contributed by atoms with E-state index in [1.54, 1.807) is 45.0 Å². The zero-order valence-electron chi connectivity index (χ0n) is 22.2. The van der Waals surface area contributed by atoms with Gasteiger partial charge in [0.2, 0.25) is 0 Å². The minimum absolute atomic E-state index is 0.0242. The standard InChI is InChI=1S/C28H28ClN5O4S/c1-16-6-9-18(10-7-16)38-21(35)13-39-27-22-25(30-14-31-27)34(15-32-22)23(24(36)28(3,4)5)26(37)33-20-11-8-17(2)12-19(20)29/h6-12,14-15,23H,13H2,1-5H3,(H,33,37). The highest BCUT2D eigenvalue weighted by atomic mass is 35.5. The third-order valence-electron chi connectivity index (χ3n) is 5.80. The summed E-state index contributed by atoms with van der Waals surface area (Å²) < 4.78 is 6.81. The normalized spacial score (nSPS) is 12.3. The van der Waals surface area contributed by atoms with Gasteiger partial charge in [-0.15, -0.1) is 0 Å². The Bertz CT molecular complexity index is 1550. The average Bonchev–Trinajstić information content (AvgIpc) is 3.30. The van der Waals surface area contributed by atoms with Gasteiger partial charge in [0.05, 0.1) is 22.8 Å². The second-order valence-electron chi connectivity index (χ2n) is 10.1. The summed E-state index contributed by atoms with van der Waals surface area (Å²) in [6, 6.07) is 11.1. The summed E-state index contributed by atoms with van der Waals surface area (Å²) in [5, 5.41) is 3.56. The second kappa shape index (κ2) is 11.5. The maximum absolute atomic E-state index is 13.5. The van der Waals surface area contributed by atoms with Gasteiger partial charge in [0.1, 0.15) is 22.6 Å². The molecule has 0 saturated heterocycles. The van der Waals surface area contributed by atoms with Crippen molar-refractivity contribution in [2.24, 2.45) is 5.41 Å². The number of amides is 1. The Morgan fingerprint density at radius 3 is 2.38 bits per heavy atom. The Hall–Kier alpha value is -3.76. The van der Waals surface area contributed by atoms with E-state index in [2.05, 4.69) is 20.3 Å². The molecule has 0 aliphatic carbocycles. The predicted octanol–water partition coefficient (Wildman–Crippen LogP) is 5.59. The van der Waals surface area contributed by atoms with E-state index in [9.17, 15) is 14.4 Å². The van der Waals surface area contributed by atoms with Gasteiger partial charge in [0.25, 0.3) is 5.91 Å². The number of imidazole rings is 1. The first kappa shape index (κ1) is 28.3. The molecule has 1 amide bonds. The van der Waals surface area contributed by atoms with Crippen LogP contribution in [0.25, 0.3) is 11.2 Å². The molecule has 4 aromatic rings. The first-order valence-corrected chi connectivity index (χ1v) is 13.5. The summed E-state index contributed by atoms with van der Waals surface area (Å²) in [5.41, 5.74) is 2.18. The Morgan fingerprint density at radius 1 is 1.03 bits per heavy atom. The van der Waals surface area contributed by atoms with Crippen LogP contribution in [0.3, 0.4) is 0 Å². The number of carbonyl (C=O) groups excluding carboxylic acids is 3. The van der Waals surface area contributed by atoms with E-state index in [1.807, 2.05) is 32.0 Å². The molecule has 9 nitrogen and oxygen atoms in total. The largest absolute Gasteiger partial charge is 0.426 e. The minimum Gasteiger partial charge on any atom is -0.426 e. The number of nitrogens with zero attached hydrogens (tertiary/aromatic N) is 4. The fraction of sp³-hybridized carbons (Fsp3) is 0.286. The van der Waals surface area contributed by atoms with Crippen molar-refractivity contribution in [3.63, 3.8) is 0 Å². The number of carbonyl (C=O) groups is 3. The maximum atomic E-state index is 13.5. The third-order valence-corrected chi connectivity index (χ3v) is 7.07. The molecule has 2 aromatic heterocycles. The lowest BCUT2D eigenvalue weighted by molar-refractivity contribution is -0.135. The SMILES string of the molecule is Cc1ccc(OC(=O)CSc2ncnc3c2ncn3C(C(=O)Nc2ccc(C)cc2Cl)C(=O)C(C)(C)C)cc1. The van der Waals surface area contributed by atoms with Gasteiger partial charge in [-0.2, -0.15) is 0 Å². The van der Waals surface area contributed by atoms with Crippen molar-refractivity contribution in [3.05, 3.63) is 71.3 Å². The Morgan fingerprint density at radius 2 is 1.72 bits per heavy atom. The molecular formula is C28H28ClN5O4S. The summed E-state index contributed by atoms with van der Waals surface area (Å²) in [7, 11) is 0. The molecule has 1 unspecified atom stereocenters. The van der Waals surface area contributed by atoms with E-state index in [1.165, 1.54) is 17.2 Å². The van der Waals surface area contributed by atoms with Gasteiger partial charge >= 0.3 is 5.97 Å². The monoisotopic (exact) mass is 565 g/mol. The van der Waals surface area contributed by atoms with Crippen LogP contribution in [0.4, 0.5) is 5.69 Å². The summed E-state index contributed by atoms with van der Waals surface area (Å²) in [4.78, 5) is 52.4. The fourth-order valence-corrected chi connectivity index (χ4v) is 4.72. The number of ether oxygens (including phenoxy) is 1. The molecule has 4 rings (SSSR count). The summed E-state index contributed by atoms with van der Waals surface area (Å²) in [6.45, 7) is 9.05. The number of nitrogens with one attached hydrogen (secondary N) is 1. The van der Waals surface area contributed by atoms with Crippen LogP contribution < -0.4 is 10.1 Å². The topological polar surface area (TPSA) is 116 Å². The summed E-state index contributed by atoms with van der Waals surface area (Å²) in [5.74, 6) is -0.938. The minimum atomic E-state index is -1.27. The average molecular weight is 566 g/mol. The maximum Gasteiger partial charge on any atom is 0.321 e. The number of benzene rings is 2. The van der Waals surface area contributed by atoms with Crippen LogP contribution >= 0.6 is 23.4 Å². The van der Waals surface area contributed by atoms with Crippen LogP contribution in [0, 0.1) is 19.3 Å². The van der Waals surface area contributed by atoms with Gasteiger partial charge in [-0.25, -0.2) is 15.0 Å². The quantitative estimate of drug-likeness (QED) is 0.0966. The van der Waals surface area contributed by atoms with Crippen LogP contribution in [-0.4, -0.2) is 42.9 Å². The molecule has 2 aromatic carbocycles. The highest BCUT2D eigenvalue weighted by Gasteiger charge is 2.37. The molecule has 11 heteroatoms. The number of fused-ring (bicyclic) bond motifs is 1. The van der Waals surface area contributed by atoms with Crippen LogP contribution in [0.2, 0.25) is 5.02 Å². The van der Waals surface area contributed by atoms with Crippen molar-refractivity contribution in [3.8, 4) is 5.75 Å². The van der Waals surface area contributed by atoms with Crippen molar-refractivity contribution in [1.29, 1.82) is 0 Å². The molecule has 0 aliphatic heterocycles. The van der Waals surface area contributed by atoms with Gasteiger partial charge in [-0.1, -0.05) is 67.9 Å². The van der Waals surface area contributed by atoms with Crippen molar-refractivity contribution in [2.45, 2.75) is 45.7 Å². The molecule has 0 saturated carbocycles. The number of Topliss-reactive ketones (excluding diaryl/α,β-unsaturated/α-hetero) is 1. The van der Waals surface area contributed by atoms with E-state index < -0.39 is 23.3 Å². The number of ketones is 1. The van der Waals surface area contributed by atoms with E-state index in [-0.39, 0.29) is 17.2 Å². The lowest BCUT2D eigenvalue weighted by Crippen LogP contribution is -2.38. The Labute approximate surface area is 235 Å². The lowest BCUT2D eigenvalue weighted by atomic mass is 9.86. The number of anilines is 1. The van der Waals surface area contributed by atoms with Crippen LogP contribution in [-0.2, 0) is 14.4 Å². The van der Waals surface area contributed by atoms with Crippen LogP contribution in [0.15, 0.2) is 60.1 Å². The molecule has 0 fully saturated rings. The Balaban J connectivity index is 1.60. The number of aryl methyl sites for hydroxylation is 2. The van der Waals surface area contributed by atoms with Gasteiger partial charge in [0.15, 0.2) is 17.5 Å². The fourth-order valence-electron chi connectivity index (χ4n) is 3.72. The third kappa shape index (κ3) is 6.63. The molecular weight excluding hydrogens is 538 g/mol. The van der Waals surface area contributed by atoms with E-state index in [4.69, 9.17) is 16.3 Å². The highest BCUT2D eigenvalue weighted by molar-refractivity contribution is 8.00. The summed E-state index contributed by atoms with van der Waals surface area (Å²) in [6.07, 6.45) is 2.69. The first-order valence-electron chi connectivity index (χ1n) is 12.1. The Kier molecular flexibility index (Phi) is 8.36. The molecule has 0 spiro atoms. The van der Waals surface area contributed by atoms with Crippen molar-refractivity contribution < 1.29 is 19.1 Å². The predicted molar refractivity (Wildman–Crippen MR) is 151 cm³/mol. The first-order chi connectivity index (χ1) is 18.4.